The van der Waals surface area contributed by atoms with E-state index in [4.69, 9.17) is 10.5 Å². The molecule has 4 nitrogen and oxygen atoms in total. The second kappa shape index (κ2) is 6.80. The predicted molar refractivity (Wildman–Crippen MR) is 86.6 cm³/mol. The molecule has 2 heterocycles. The first-order valence-corrected chi connectivity index (χ1v) is 8.39. The summed E-state index contributed by atoms with van der Waals surface area (Å²) < 4.78 is 5.78. The summed E-state index contributed by atoms with van der Waals surface area (Å²) in [7, 11) is 0. The highest BCUT2D eigenvalue weighted by molar-refractivity contribution is 5.81. The van der Waals surface area contributed by atoms with Gasteiger partial charge in [0.1, 0.15) is 6.10 Å². The van der Waals surface area contributed by atoms with Crippen LogP contribution in [0.5, 0.6) is 0 Å². The zero-order valence-corrected chi connectivity index (χ0v) is 13.3. The minimum atomic E-state index is -0.271. The van der Waals surface area contributed by atoms with Crippen molar-refractivity contribution >= 4 is 5.91 Å². The van der Waals surface area contributed by atoms with Gasteiger partial charge in [-0.2, -0.15) is 0 Å². The first-order valence-electron chi connectivity index (χ1n) is 8.39. The van der Waals surface area contributed by atoms with Crippen LogP contribution in [0.4, 0.5) is 0 Å². The SMILES string of the molecule is Cc1ccc(CC2CCCN2C(=O)[C@@H]2CC[C@H](CN)O2)cc1. The Balaban J connectivity index is 1.63. The molecule has 3 rings (SSSR count). The summed E-state index contributed by atoms with van der Waals surface area (Å²) in [6.45, 7) is 3.47. The molecule has 0 saturated carbocycles. The number of benzene rings is 1. The highest BCUT2D eigenvalue weighted by Crippen LogP contribution is 2.27. The fraction of sp³-hybridized carbons (Fsp3) is 0.611. The summed E-state index contributed by atoms with van der Waals surface area (Å²) >= 11 is 0. The molecule has 120 valence electrons. The van der Waals surface area contributed by atoms with Crippen molar-refractivity contribution in [3.8, 4) is 0 Å². The molecule has 0 aromatic heterocycles. The van der Waals surface area contributed by atoms with Gasteiger partial charge in [0.15, 0.2) is 0 Å². The van der Waals surface area contributed by atoms with Crippen molar-refractivity contribution in [3.05, 3.63) is 35.4 Å². The Labute approximate surface area is 132 Å². The van der Waals surface area contributed by atoms with Crippen molar-refractivity contribution in [1.29, 1.82) is 0 Å². The third-order valence-corrected chi connectivity index (χ3v) is 4.90. The average molecular weight is 302 g/mol. The lowest BCUT2D eigenvalue weighted by Crippen LogP contribution is -2.43. The Kier molecular flexibility index (Phi) is 4.79. The molecule has 0 radical (unpaired) electrons. The molecular formula is C18H26N2O2. The fourth-order valence-electron chi connectivity index (χ4n) is 3.58. The second-order valence-corrected chi connectivity index (χ2v) is 6.58. The molecule has 0 bridgehead atoms. The van der Waals surface area contributed by atoms with Gasteiger partial charge in [0, 0.05) is 19.1 Å². The van der Waals surface area contributed by atoms with E-state index in [0.29, 0.717) is 12.6 Å². The van der Waals surface area contributed by atoms with E-state index >= 15 is 0 Å². The Bertz CT molecular complexity index is 514. The summed E-state index contributed by atoms with van der Waals surface area (Å²) in [5.74, 6) is 0.172. The van der Waals surface area contributed by atoms with Gasteiger partial charge in [0.2, 0.25) is 0 Å². The van der Waals surface area contributed by atoms with Crippen LogP contribution in [-0.4, -0.2) is 42.1 Å². The van der Waals surface area contributed by atoms with E-state index in [0.717, 1.165) is 38.6 Å². The van der Waals surface area contributed by atoms with Crippen LogP contribution in [-0.2, 0) is 16.0 Å². The Hall–Kier alpha value is -1.39. The highest BCUT2D eigenvalue weighted by Gasteiger charge is 2.37. The normalized spacial score (nSPS) is 28.3. The quantitative estimate of drug-likeness (QED) is 0.926. The molecule has 4 heteroatoms. The lowest BCUT2D eigenvalue weighted by molar-refractivity contribution is -0.143. The number of nitrogens with zero attached hydrogens (tertiary/aromatic N) is 1. The van der Waals surface area contributed by atoms with Crippen molar-refractivity contribution in [2.75, 3.05) is 13.1 Å². The standard InChI is InChI=1S/C18H26N2O2/c1-13-4-6-14(7-5-13)11-15-3-2-10-20(15)18(21)17-9-8-16(12-19)22-17/h4-7,15-17H,2-3,8-12,19H2,1H3/t15?,16-,17+/m1/s1. The molecule has 3 atom stereocenters. The van der Waals surface area contributed by atoms with Crippen LogP contribution in [0.1, 0.15) is 36.8 Å². The number of aryl methyl sites for hydroxylation is 1. The van der Waals surface area contributed by atoms with Gasteiger partial charge >= 0.3 is 0 Å². The van der Waals surface area contributed by atoms with Crippen LogP contribution in [0.15, 0.2) is 24.3 Å². The summed E-state index contributed by atoms with van der Waals surface area (Å²) in [6, 6.07) is 8.94. The predicted octanol–water partition coefficient (Wildman–Crippen LogP) is 2.03. The molecule has 2 aliphatic rings. The smallest absolute Gasteiger partial charge is 0.251 e. The minimum Gasteiger partial charge on any atom is -0.364 e. The van der Waals surface area contributed by atoms with E-state index in [9.17, 15) is 4.79 Å². The van der Waals surface area contributed by atoms with E-state index in [-0.39, 0.29) is 18.1 Å². The van der Waals surface area contributed by atoms with Gasteiger partial charge in [0.25, 0.3) is 5.91 Å². The molecule has 1 aromatic rings. The maximum atomic E-state index is 12.7. The van der Waals surface area contributed by atoms with E-state index in [1.54, 1.807) is 0 Å². The molecule has 22 heavy (non-hydrogen) atoms. The van der Waals surface area contributed by atoms with Gasteiger partial charge in [-0.1, -0.05) is 29.8 Å². The number of hydrogen-bond donors (Lipinski definition) is 1. The number of amides is 1. The van der Waals surface area contributed by atoms with Crippen molar-refractivity contribution in [1.82, 2.24) is 4.90 Å². The molecule has 1 unspecified atom stereocenters. The maximum Gasteiger partial charge on any atom is 0.251 e. The lowest BCUT2D eigenvalue weighted by atomic mass is 10.0. The fourth-order valence-corrected chi connectivity index (χ4v) is 3.58. The maximum absolute atomic E-state index is 12.7. The van der Waals surface area contributed by atoms with Crippen molar-refractivity contribution in [2.24, 2.45) is 5.73 Å². The van der Waals surface area contributed by atoms with Gasteiger partial charge in [-0.15, -0.1) is 0 Å². The Morgan fingerprint density at radius 1 is 1.27 bits per heavy atom. The molecule has 2 aliphatic heterocycles. The molecule has 2 saturated heterocycles. The zero-order valence-electron chi connectivity index (χ0n) is 13.3. The Morgan fingerprint density at radius 2 is 2.05 bits per heavy atom. The number of carbonyl (C=O) groups excluding carboxylic acids is 1. The first kappa shape index (κ1) is 15.5. The van der Waals surface area contributed by atoms with E-state index < -0.39 is 0 Å². The summed E-state index contributed by atoms with van der Waals surface area (Å²) in [5.41, 5.74) is 8.22. The number of hydrogen-bond acceptors (Lipinski definition) is 3. The van der Waals surface area contributed by atoms with Crippen molar-refractivity contribution in [2.45, 2.75) is 57.3 Å². The third kappa shape index (κ3) is 3.33. The molecule has 2 fully saturated rings. The Morgan fingerprint density at radius 3 is 2.73 bits per heavy atom. The largest absolute Gasteiger partial charge is 0.364 e. The first-order chi connectivity index (χ1) is 10.7. The number of carbonyl (C=O) groups is 1. The van der Waals surface area contributed by atoms with E-state index in [1.807, 2.05) is 4.90 Å². The van der Waals surface area contributed by atoms with Gasteiger partial charge < -0.3 is 15.4 Å². The number of likely N-dealkylation sites (tertiary alicyclic amines) is 1. The van der Waals surface area contributed by atoms with Crippen LogP contribution in [0, 0.1) is 6.92 Å². The van der Waals surface area contributed by atoms with Crippen molar-refractivity contribution in [3.63, 3.8) is 0 Å². The minimum absolute atomic E-state index is 0.0621. The summed E-state index contributed by atoms with van der Waals surface area (Å²) in [4.78, 5) is 14.8. The number of rotatable bonds is 4. The van der Waals surface area contributed by atoms with Crippen LogP contribution in [0.3, 0.4) is 0 Å². The van der Waals surface area contributed by atoms with Gasteiger partial charge in [-0.3, -0.25) is 4.79 Å². The van der Waals surface area contributed by atoms with Crippen LogP contribution >= 0.6 is 0 Å². The summed E-state index contributed by atoms with van der Waals surface area (Å²) in [6.07, 6.45) is 4.64. The van der Waals surface area contributed by atoms with Crippen molar-refractivity contribution < 1.29 is 9.53 Å². The summed E-state index contributed by atoms with van der Waals surface area (Å²) in [5, 5.41) is 0. The third-order valence-electron chi connectivity index (χ3n) is 4.90. The average Bonchev–Trinajstić information content (AvgIpc) is 3.18. The van der Waals surface area contributed by atoms with Crippen LogP contribution in [0.25, 0.3) is 0 Å². The van der Waals surface area contributed by atoms with Gasteiger partial charge in [-0.25, -0.2) is 0 Å². The van der Waals surface area contributed by atoms with Crippen LogP contribution in [0.2, 0.25) is 0 Å². The monoisotopic (exact) mass is 302 g/mol. The molecule has 0 spiro atoms. The lowest BCUT2D eigenvalue weighted by Gasteiger charge is -2.27. The molecular weight excluding hydrogens is 276 g/mol. The van der Waals surface area contributed by atoms with Crippen LogP contribution < -0.4 is 5.73 Å². The van der Waals surface area contributed by atoms with Gasteiger partial charge in [0.05, 0.1) is 6.10 Å². The highest BCUT2D eigenvalue weighted by atomic mass is 16.5. The zero-order chi connectivity index (χ0) is 15.5. The van der Waals surface area contributed by atoms with E-state index in [2.05, 4.69) is 31.2 Å². The molecule has 1 amide bonds. The van der Waals surface area contributed by atoms with E-state index in [1.165, 1.54) is 11.1 Å². The number of ether oxygens (including phenoxy) is 1. The number of nitrogens with two attached hydrogens (primary N) is 1. The topological polar surface area (TPSA) is 55.6 Å². The molecule has 2 N–H and O–H groups in total. The molecule has 1 aromatic carbocycles. The second-order valence-electron chi connectivity index (χ2n) is 6.58. The van der Waals surface area contributed by atoms with Gasteiger partial charge in [-0.05, 0) is 44.6 Å². The molecule has 0 aliphatic carbocycles.